The van der Waals surface area contributed by atoms with Gasteiger partial charge in [0.15, 0.2) is 0 Å². The van der Waals surface area contributed by atoms with Gasteiger partial charge in [-0.15, -0.1) is 0 Å². The van der Waals surface area contributed by atoms with Crippen LogP contribution in [0.15, 0.2) is 78.9 Å². The molecular formula is C27H33NO2. The van der Waals surface area contributed by atoms with Gasteiger partial charge < -0.3 is 14.8 Å². The Labute approximate surface area is 181 Å². The van der Waals surface area contributed by atoms with E-state index in [1.165, 1.54) is 11.1 Å². The highest BCUT2D eigenvalue weighted by Gasteiger charge is 2.04. The monoisotopic (exact) mass is 403 g/mol. The minimum Gasteiger partial charge on any atom is -0.494 e. The smallest absolute Gasteiger partial charge is 0.142 e. The predicted octanol–water partition coefficient (Wildman–Crippen LogP) is 6.74. The summed E-state index contributed by atoms with van der Waals surface area (Å²) in [6, 6.07) is 27.0. The Morgan fingerprint density at radius 2 is 1.47 bits per heavy atom. The molecule has 0 aliphatic heterocycles. The van der Waals surface area contributed by atoms with E-state index in [0.29, 0.717) is 12.5 Å². The van der Waals surface area contributed by atoms with Crippen LogP contribution < -0.4 is 14.8 Å². The number of para-hydroxylation sites is 2. The first-order valence-corrected chi connectivity index (χ1v) is 10.9. The van der Waals surface area contributed by atoms with Gasteiger partial charge in [0.25, 0.3) is 0 Å². The maximum Gasteiger partial charge on any atom is 0.142 e. The summed E-state index contributed by atoms with van der Waals surface area (Å²) < 4.78 is 11.8. The third kappa shape index (κ3) is 7.47. The van der Waals surface area contributed by atoms with Crippen molar-refractivity contribution in [2.75, 3.05) is 18.5 Å². The molecule has 0 aliphatic rings. The molecule has 3 heteroatoms. The van der Waals surface area contributed by atoms with Crippen molar-refractivity contribution in [3.05, 3.63) is 90.0 Å². The Hall–Kier alpha value is -2.94. The van der Waals surface area contributed by atoms with Crippen LogP contribution in [0.1, 0.15) is 37.8 Å². The number of rotatable bonds is 12. The van der Waals surface area contributed by atoms with Crippen molar-refractivity contribution in [3.8, 4) is 11.5 Å². The largest absolute Gasteiger partial charge is 0.494 e. The first-order valence-electron chi connectivity index (χ1n) is 10.9. The molecule has 0 spiro atoms. The highest BCUT2D eigenvalue weighted by atomic mass is 16.5. The van der Waals surface area contributed by atoms with Gasteiger partial charge in [-0.3, -0.25) is 0 Å². The molecule has 0 heterocycles. The van der Waals surface area contributed by atoms with Crippen LogP contribution in [0.3, 0.4) is 0 Å². The van der Waals surface area contributed by atoms with Gasteiger partial charge in [-0.1, -0.05) is 68.4 Å². The number of hydrogen-bond acceptors (Lipinski definition) is 3. The maximum atomic E-state index is 6.05. The fourth-order valence-corrected chi connectivity index (χ4v) is 3.15. The van der Waals surface area contributed by atoms with E-state index in [9.17, 15) is 0 Å². The molecule has 0 fully saturated rings. The summed E-state index contributed by atoms with van der Waals surface area (Å²) in [6.45, 7) is 6.64. The van der Waals surface area contributed by atoms with E-state index in [-0.39, 0.29) is 0 Å². The highest BCUT2D eigenvalue weighted by Crippen LogP contribution is 2.25. The fourth-order valence-electron chi connectivity index (χ4n) is 3.15. The molecule has 0 aromatic heterocycles. The van der Waals surface area contributed by atoms with E-state index in [1.54, 1.807) is 0 Å². The first-order chi connectivity index (χ1) is 14.7. The molecule has 158 valence electrons. The number of ether oxygens (including phenoxy) is 2. The van der Waals surface area contributed by atoms with E-state index < -0.39 is 0 Å². The molecule has 0 saturated heterocycles. The van der Waals surface area contributed by atoms with Crippen LogP contribution in [-0.4, -0.2) is 13.2 Å². The van der Waals surface area contributed by atoms with Crippen molar-refractivity contribution in [2.45, 2.75) is 39.7 Å². The van der Waals surface area contributed by atoms with E-state index in [1.807, 2.05) is 30.3 Å². The molecule has 3 aromatic rings. The molecular weight excluding hydrogens is 370 g/mol. The molecule has 0 bridgehead atoms. The van der Waals surface area contributed by atoms with Crippen LogP contribution in [0.4, 0.5) is 5.69 Å². The lowest BCUT2D eigenvalue weighted by Crippen LogP contribution is -2.05. The van der Waals surface area contributed by atoms with Crippen LogP contribution in [-0.2, 0) is 13.0 Å². The van der Waals surface area contributed by atoms with Gasteiger partial charge in [0.05, 0.1) is 18.9 Å². The van der Waals surface area contributed by atoms with Crippen molar-refractivity contribution >= 4 is 5.69 Å². The average Bonchev–Trinajstić information content (AvgIpc) is 2.77. The fraction of sp³-hybridized carbons (Fsp3) is 0.333. The van der Waals surface area contributed by atoms with Crippen LogP contribution >= 0.6 is 0 Å². The lowest BCUT2D eigenvalue weighted by Gasteiger charge is -2.14. The van der Waals surface area contributed by atoms with E-state index in [0.717, 1.165) is 49.6 Å². The third-order valence-corrected chi connectivity index (χ3v) is 4.97. The summed E-state index contributed by atoms with van der Waals surface area (Å²) in [5, 5.41) is 3.50. The SMILES string of the molecule is CC(C)CCOc1ccc(CNc2ccccc2OCCCc2ccccc2)cc1. The first kappa shape index (κ1) is 21.8. The summed E-state index contributed by atoms with van der Waals surface area (Å²) in [5.41, 5.74) is 3.59. The Bertz CT molecular complexity index is 860. The Balaban J connectivity index is 1.45. The van der Waals surface area contributed by atoms with Gasteiger partial charge in [0.2, 0.25) is 0 Å². The van der Waals surface area contributed by atoms with Crippen molar-refractivity contribution in [3.63, 3.8) is 0 Å². The van der Waals surface area contributed by atoms with Gasteiger partial charge in [-0.25, -0.2) is 0 Å². The lowest BCUT2D eigenvalue weighted by atomic mass is 10.1. The molecule has 3 aromatic carbocycles. The average molecular weight is 404 g/mol. The van der Waals surface area contributed by atoms with Crippen LogP contribution in [0.2, 0.25) is 0 Å². The molecule has 0 unspecified atom stereocenters. The van der Waals surface area contributed by atoms with Gasteiger partial charge in [-0.05, 0) is 60.6 Å². The molecule has 3 nitrogen and oxygen atoms in total. The number of nitrogens with one attached hydrogen (secondary N) is 1. The molecule has 0 saturated carbocycles. The maximum absolute atomic E-state index is 6.05. The van der Waals surface area contributed by atoms with Crippen molar-refractivity contribution in [2.24, 2.45) is 5.92 Å². The minimum atomic E-state index is 0.661. The minimum absolute atomic E-state index is 0.661. The standard InChI is InChI=1S/C27H33NO2/c1-22(2)18-20-29-25-16-14-24(15-17-25)21-28-26-12-6-7-13-27(26)30-19-8-11-23-9-4-3-5-10-23/h3-7,9-10,12-17,22,28H,8,11,18-21H2,1-2H3. The van der Waals surface area contributed by atoms with Crippen molar-refractivity contribution in [1.82, 2.24) is 0 Å². The molecule has 0 radical (unpaired) electrons. The highest BCUT2D eigenvalue weighted by molar-refractivity contribution is 5.56. The Morgan fingerprint density at radius 3 is 2.23 bits per heavy atom. The van der Waals surface area contributed by atoms with Gasteiger partial charge in [0.1, 0.15) is 11.5 Å². The zero-order chi connectivity index (χ0) is 21.0. The lowest BCUT2D eigenvalue weighted by molar-refractivity contribution is 0.289. The van der Waals surface area contributed by atoms with Crippen LogP contribution in [0.25, 0.3) is 0 Å². The zero-order valence-electron chi connectivity index (χ0n) is 18.1. The molecule has 0 aliphatic carbocycles. The van der Waals surface area contributed by atoms with E-state index in [2.05, 4.69) is 67.7 Å². The summed E-state index contributed by atoms with van der Waals surface area (Å²) in [4.78, 5) is 0. The van der Waals surface area contributed by atoms with E-state index >= 15 is 0 Å². The summed E-state index contributed by atoms with van der Waals surface area (Å²) in [5.74, 6) is 2.50. The number of anilines is 1. The number of aryl methyl sites for hydroxylation is 1. The summed E-state index contributed by atoms with van der Waals surface area (Å²) >= 11 is 0. The topological polar surface area (TPSA) is 30.5 Å². The summed E-state index contributed by atoms with van der Waals surface area (Å²) in [6.07, 6.45) is 3.10. The van der Waals surface area contributed by atoms with Crippen molar-refractivity contribution < 1.29 is 9.47 Å². The second-order valence-corrected chi connectivity index (χ2v) is 7.96. The predicted molar refractivity (Wildman–Crippen MR) is 125 cm³/mol. The molecule has 3 rings (SSSR count). The number of hydrogen-bond donors (Lipinski definition) is 1. The van der Waals surface area contributed by atoms with Crippen molar-refractivity contribution in [1.29, 1.82) is 0 Å². The molecule has 1 N–H and O–H groups in total. The van der Waals surface area contributed by atoms with Crippen LogP contribution in [0, 0.1) is 5.92 Å². The molecule has 0 atom stereocenters. The second-order valence-electron chi connectivity index (χ2n) is 7.96. The normalized spacial score (nSPS) is 10.8. The van der Waals surface area contributed by atoms with Gasteiger partial charge in [-0.2, -0.15) is 0 Å². The zero-order valence-corrected chi connectivity index (χ0v) is 18.1. The molecule has 30 heavy (non-hydrogen) atoms. The quantitative estimate of drug-likeness (QED) is 0.340. The summed E-state index contributed by atoms with van der Waals surface area (Å²) in [7, 11) is 0. The van der Waals surface area contributed by atoms with Gasteiger partial charge in [0, 0.05) is 6.54 Å². The number of benzene rings is 3. The molecule has 0 amide bonds. The third-order valence-electron chi connectivity index (χ3n) is 4.97. The van der Waals surface area contributed by atoms with Gasteiger partial charge >= 0.3 is 0 Å². The Kier molecular flexibility index (Phi) is 8.64. The van der Waals surface area contributed by atoms with E-state index in [4.69, 9.17) is 9.47 Å². The Morgan fingerprint density at radius 1 is 0.733 bits per heavy atom. The van der Waals surface area contributed by atoms with Crippen LogP contribution in [0.5, 0.6) is 11.5 Å². The second kappa shape index (κ2) is 11.9.